The van der Waals surface area contributed by atoms with Crippen molar-refractivity contribution in [2.75, 3.05) is 23.7 Å². The van der Waals surface area contributed by atoms with Gasteiger partial charge in [0, 0.05) is 13.1 Å². The fourth-order valence-electron chi connectivity index (χ4n) is 2.32. The minimum atomic E-state index is -3.83. The molecule has 1 aromatic carbocycles. The van der Waals surface area contributed by atoms with E-state index >= 15 is 0 Å². The molecule has 1 saturated heterocycles. The number of β-amino-alcohol motifs (C(OH)–C–C–N with tert-alkyl or cyclic N) is 1. The lowest BCUT2D eigenvalue weighted by molar-refractivity contribution is 0.103. The summed E-state index contributed by atoms with van der Waals surface area (Å²) >= 11 is 0. The van der Waals surface area contributed by atoms with Crippen molar-refractivity contribution < 1.29 is 13.5 Å². The standard InChI is InChI=1S/C12H19N3O3S/c1-8-5-6-15(7-10(8)16)9-3-2-4-11(12(9)13)19(14,17)18/h2-4,8,10,16H,5-7,13H2,1H3,(H2,14,17,18). The number of rotatable bonds is 2. The van der Waals surface area contributed by atoms with E-state index in [0.29, 0.717) is 12.2 Å². The maximum absolute atomic E-state index is 11.4. The summed E-state index contributed by atoms with van der Waals surface area (Å²) in [5.74, 6) is 0.235. The van der Waals surface area contributed by atoms with Crippen LogP contribution in [0.1, 0.15) is 13.3 Å². The van der Waals surface area contributed by atoms with Crippen LogP contribution in [0.3, 0.4) is 0 Å². The average Bonchev–Trinajstić information content (AvgIpc) is 2.32. The fourth-order valence-corrected chi connectivity index (χ4v) is 3.00. The second-order valence-electron chi connectivity index (χ2n) is 5.01. The van der Waals surface area contributed by atoms with Crippen molar-refractivity contribution in [2.45, 2.75) is 24.3 Å². The van der Waals surface area contributed by atoms with Crippen LogP contribution in [0, 0.1) is 5.92 Å². The maximum Gasteiger partial charge on any atom is 0.240 e. The molecule has 6 nitrogen and oxygen atoms in total. The summed E-state index contributed by atoms with van der Waals surface area (Å²) in [7, 11) is -3.83. The molecule has 2 unspecified atom stereocenters. The van der Waals surface area contributed by atoms with E-state index in [4.69, 9.17) is 10.9 Å². The Morgan fingerprint density at radius 2 is 2.11 bits per heavy atom. The highest BCUT2D eigenvalue weighted by atomic mass is 32.2. The van der Waals surface area contributed by atoms with Gasteiger partial charge in [-0.15, -0.1) is 0 Å². The second-order valence-corrected chi connectivity index (χ2v) is 6.54. The summed E-state index contributed by atoms with van der Waals surface area (Å²) in [5.41, 5.74) is 6.65. The van der Waals surface area contributed by atoms with E-state index in [2.05, 4.69) is 0 Å². The summed E-state index contributed by atoms with van der Waals surface area (Å²) in [5, 5.41) is 15.0. The van der Waals surface area contributed by atoms with Gasteiger partial charge < -0.3 is 15.7 Å². The van der Waals surface area contributed by atoms with Crippen molar-refractivity contribution in [1.29, 1.82) is 0 Å². The number of anilines is 2. The summed E-state index contributed by atoms with van der Waals surface area (Å²) in [6.45, 7) is 3.17. The molecule has 0 aliphatic carbocycles. The van der Waals surface area contributed by atoms with E-state index in [0.717, 1.165) is 13.0 Å². The van der Waals surface area contributed by atoms with Crippen LogP contribution in [-0.2, 0) is 10.0 Å². The van der Waals surface area contributed by atoms with Crippen molar-refractivity contribution in [1.82, 2.24) is 0 Å². The van der Waals surface area contributed by atoms with Gasteiger partial charge in [0.2, 0.25) is 10.0 Å². The third kappa shape index (κ3) is 2.83. The minimum Gasteiger partial charge on any atom is -0.396 e. The summed E-state index contributed by atoms with van der Waals surface area (Å²) in [4.78, 5) is 1.83. The molecular weight excluding hydrogens is 266 g/mol. The fraction of sp³-hybridized carbons (Fsp3) is 0.500. The van der Waals surface area contributed by atoms with Gasteiger partial charge in [0.25, 0.3) is 0 Å². The van der Waals surface area contributed by atoms with Gasteiger partial charge in [-0.3, -0.25) is 0 Å². The highest BCUT2D eigenvalue weighted by Gasteiger charge is 2.26. The molecule has 7 heteroatoms. The number of benzene rings is 1. The number of hydrogen-bond acceptors (Lipinski definition) is 5. The first-order valence-electron chi connectivity index (χ1n) is 6.15. The molecule has 1 aliphatic rings. The zero-order valence-corrected chi connectivity index (χ0v) is 11.6. The number of hydrogen-bond donors (Lipinski definition) is 3. The Labute approximate surface area is 113 Å². The molecule has 1 heterocycles. The molecule has 5 N–H and O–H groups in total. The van der Waals surface area contributed by atoms with Crippen LogP contribution in [0.25, 0.3) is 0 Å². The molecule has 106 valence electrons. The van der Waals surface area contributed by atoms with Crippen LogP contribution in [0.2, 0.25) is 0 Å². The molecule has 2 rings (SSSR count). The predicted octanol–water partition coefficient (Wildman–Crippen LogP) is 0.123. The third-order valence-electron chi connectivity index (χ3n) is 3.61. The Hall–Kier alpha value is -1.31. The van der Waals surface area contributed by atoms with E-state index in [1.54, 1.807) is 12.1 Å². The van der Waals surface area contributed by atoms with E-state index in [9.17, 15) is 13.5 Å². The largest absolute Gasteiger partial charge is 0.396 e. The molecule has 2 atom stereocenters. The summed E-state index contributed by atoms with van der Waals surface area (Å²) < 4.78 is 22.9. The first kappa shape index (κ1) is 14.1. The Morgan fingerprint density at radius 3 is 2.68 bits per heavy atom. The molecule has 0 amide bonds. The molecule has 1 aliphatic heterocycles. The van der Waals surface area contributed by atoms with Crippen molar-refractivity contribution >= 4 is 21.4 Å². The third-order valence-corrected chi connectivity index (χ3v) is 4.58. The smallest absolute Gasteiger partial charge is 0.240 e. The van der Waals surface area contributed by atoms with Crippen LogP contribution >= 0.6 is 0 Å². The summed E-state index contributed by atoms with van der Waals surface area (Å²) in [6.07, 6.45) is 0.395. The van der Waals surface area contributed by atoms with Gasteiger partial charge in [0.05, 0.1) is 17.5 Å². The van der Waals surface area contributed by atoms with Crippen LogP contribution in [0.5, 0.6) is 0 Å². The topological polar surface area (TPSA) is 110 Å². The minimum absolute atomic E-state index is 0.0712. The molecule has 19 heavy (non-hydrogen) atoms. The van der Waals surface area contributed by atoms with Crippen molar-refractivity contribution in [3.63, 3.8) is 0 Å². The first-order chi connectivity index (χ1) is 8.80. The average molecular weight is 285 g/mol. The Bertz CT molecular complexity index is 574. The number of piperidine rings is 1. The zero-order valence-electron chi connectivity index (χ0n) is 10.8. The first-order valence-corrected chi connectivity index (χ1v) is 7.69. The van der Waals surface area contributed by atoms with Crippen LogP contribution < -0.4 is 15.8 Å². The zero-order chi connectivity index (χ0) is 14.2. The van der Waals surface area contributed by atoms with Gasteiger partial charge >= 0.3 is 0 Å². The van der Waals surface area contributed by atoms with Crippen LogP contribution in [0.4, 0.5) is 11.4 Å². The highest BCUT2D eigenvalue weighted by Crippen LogP contribution is 2.31. The normalized spacial score (nSPS) is 24.5. The van der Waals surface area contributed by atoms with Crippen molar-refractivity contribution in [3.05, 3.63) is 18.2 Å². The number of aliphatic hydroxyl groups excluding tert-OH is 1. The maximum atomic E-state index is 11.4. The molecule has 1 aromatic rings. The quantitative estimate of drug-likeness (QED) is 0.669. The van der Waals surface area contributed by atoms with Crippen molar-refractivity contribution in [3.8, 4) is 0 Å². The predicted molar refractivity (Wildman–Crippen MR) is 74.2 cm³/mol. The van der Waals surface area contributed by atoms with Gasteiger partial charge in [-0.2, -0.15) is 0 Å². The van der Waals surface area contributed by atoms with E-state index in [-0.39, 0.29) is 16.5 Å². The molecule has 0 saturated carbocycles. The Balaban J connectivity index is 2.36. The number of nitrogens with zero attached hydrogens (tertiary/aromatic N) is 1. The lowest BCUT2D eigenvalue weighted by atomic mass is 9.95. The number of nitrogens with two attached hydrogens (primary N) is 2. The van der Waals surface area contributed by atoms with E-state index in [1.807, 2.05) is 11.8 Å². The monoisotopic (exact) mass is 285 g/mol. The number of nitrogen functional groups attached to an aromatic ring is 1. The molecule has 0 spiro atoms. The molecule has 1 fully saturated rings. The molecular formula is C12H19N3O3S. The van der Waals surface area contributed by atoms with Gasteiger partial charge in [0.15, 0.2) is 0 Å². The molecule has 0 bridgehead atoms. The van der Waals surface area contributed by atoms with Gasteiger partial charge in [-0.25, -0.2) is 13.6 Å². The van der Waals surface area contributed by atoms with Crippen LogP contribution in [-0.4, -0.2) is 32.7 Å². The Morgan fingerprint density at radius 1 is 1.42 bits per heavy atom. The number of aliphatic hydroxyl groups is 1. The summed E-state index contributed by atoms with van der Waals surface area (Å²) in [6, 6.07) is 4.74. The highest BCUT2D eigenvalue weighted by molar-refractivity contribution is 7.89. The SMILES string of the molecule is CC1CCN(c2cccc(S(N)(=O)=O)c2N)CC1O. The van der Waals surface area contributed by atoms with Gasteiger partial charge in [-0.1, -0.05) is 13.0 Å². The van der Waals surface area contributed by atoms with Crippen molar-refractivity contribution in [2.24, 2.45) is 11.1 Å². The lowest BCUT2D eigenvalue weighted by Gasteiger charge is -2.36. The number of primary sulfonamides is 1. The Kier molecular flexibility index (Phi) is 3.71. The van der Waals surface area contributed by atoms with E-state index < -0.39 is 16.1 Å². The number of para-hydroxylation sites is 1. The van der Waals surface area contributed by atoms with E-state index in [1.165, 1.54) is 6.07 Å². The van der Waals surface area contributed by atoms with Gasteiger partial charge in [0.1, 0.15) is 4.90 Å². The second kappa shape index (κ2) is 4.99. The van der Waals surface area contributed by atoms with Gasteiger partial charge in [-0.05, 0) is 24.5 Å². The number of sulfonamides is 1. The lowest BCUT2D eigenvalue weighted by Crippen LogP contribution is -2.43. The van der Waals surface area contributed by atoms with Crippen LogP contribution in [0.15, 0.2) is 23.1 Å². The molecule has 0 aromatic heterocycles. The molecule has 0 radical (unpaired) electrons.